The van der Waals surface area contributed by atoms with E-state index in [1.165, 1.54) is 17.7 Å². The minimum Gasteiger partial charge on any atom is -0.349 e. The number of aryl methyl sites for hydroxylation is 1. The highest BCUT2D eigenvalue weighted by Gasteiger charge is 2.17. The van der Waals surface area contributed by atoms with Crippen molar-refractivity contribution < 1.29 is 9.18 Å². The van der Waals surface area contributed by atoms with Crippen molar-refractivity contribution >= 4 is 5.91 Å². The van der Waals surface area contributed by atoms with Crippen LogP contribution in [0.4, 0.5) is 4.39 Å². The average molecular weight is 351 g/mol. The number of carbonyl (C=O) groups excluding carboxylic acids is 1. The SMILES string of the molecule is Cc1c(C(=O)NC(C)CCc2ccccc2)cnn1-c1ccc(F)cc1. The van der Waals surface area contributed by atoms with E-state index in [2.05, 4.69) is 22.5 Å². The van der Waals surface area contributed by atoms with E-state index in [1.54, 1.807) is 23.0 Å². The first-order valence-corrected chi connectivity index (χ1v) is 8.70. The molecule has 0 aliphatic heterocycles. The largest absolute Gasteiger partial charge is 0.349 e. The minimum atomic E-state index is -0.302. The Morgan fingerprint density at radius 1 is 1.15 bits per heavy atom. The van der Waals surface area contributed by atoms with E-state index in [4.69, 9.17) is 0 Å². The maximum Gasteiger partial charge on any atom is 0.254 e. The number of nitrogens with one attached hydrogen (secondary N) is 1. The summed E-state index contributed by atoms with van der Waals surface area (Å²) < 4.78 is 14.7. The smallest absolute Gasteiger partial charge is 0.254 e. The molecule has 3 aromatic rings. The number of hydrogen-bond acceptors (Lipinski definition) is 2. The van der Waals surface area contributed by atoms with Crippen molar-refractivity contribution in [2.75, 3.05) is 0 Å². The number of benzene rings is 2. The van der Waals surface area contributed by atoms with Gasteiger partial charge in [-0.3, -0.25) is 4.79 Å². The quantitative estimate of drug-likeness (QED) is 0.728. The molecule has 1 amide bonds. The van der Waals surface area contributed by atoms with Crippen LogP contribution in [0.5, 0.6) is 0 Å². The summed E-state index contributed by atoms with van der Waals surface area (Å²) in [6.07, 6.45) is 3.33. The molecular formula is C21H22FN3O. The predicted molar refractivity (Wildman–Crippen MR) is 100.0 cm³/mol. The van der Waals surface area contributed by atoms with Crippen molar-refractivity contribution in [1.82, 2.24) is 15.1 Å². The zero-order valence-corrected chi connectivity index (χ0v) is 14.9. The Balaban J connectivity index is 1.63. The van der Waals surface area contributed by atoms with Crippen LogP contribution in [-0.2, 0) is 6.42 Å². The number of amides is 1. The third-order valence-electron chi connectivity index (χ3n) is 4.41. The Kier molecular flexibility index (Phi) is 5.46. The molecule has 1 N–H and O–H groups in total. The monoisotopic (exact) mass is 351 g/mol. The Labute approximate surface area is 152 Å². The fraction of sp³-hybridized carbons (Fsp3) is 0.238. The molecule has 0 saturated carbocycles. The van der Waals surface area contributed by atoms with Crippen LogP contribution in [0.1, 0.15) is 35.0 Å². The molecule has 1 unspecified atom stereocenters. The van der Waals surface area contributed by atoms with E-state index in [-0.39, 0.29) is 17.8 Å². The van der Waals surface area contributed by atoms with Crippen LogP contribution in [-0.4, -0.2) is 21.7 Å². The molecule has 3 rings (SSSR count). The Bertz CT molecular complexity index is 872. The lowest BCUT2D eigenvalue weighted by Gasteiger charge is -2.14. The first-order chi connectivity index (χ1) is 12.5. The molecule has 0 aliphatic rings. The van der Waals surface area contributed by atoms with E-state index in [1.807, 2.05) is 32.0 Å². The number of nitrogens with zero attached hydrogens (tertiary/aromatic N) is 2. The number of aromatic nitrogens is 2. The van der Waals surface area contributed by atoms with Gasteiger partial charge >= 0.3 is 0 Å². The molecule has 0 saturated heterocycles. The van der Waals surface area contributed by atoms with E-state index >= 15 is 0 Å². The van der Waals surface area contributed by atoms with E-state index in [0.717, 1.165) is 24.2 Å². The maximum absolute atomic E-state index is 13.1. The topological polar surface area (TPSA) is 46.9 Å². The van der Waals surface area contributed by atoms with Crippen LogP contribution in [0, 0.1) is 12.7 Å². The molecule has 0 radical (unpaired) electrons. The van der Waals surface area contributed by atoms with Gasteiger partial charge in [0.2, 0.25) is 0 Å². The summed E-state index contributed by atoms with van der Waals surface area (Å²) in [5.41, 5.74) is 3.24. The molecule has 26 heavy (non-hydrogen) atoms. The van der Waals surface area contributed by atoms with Gasteiger partial charge in [0.15, 0.2) is 0 Å². The Morgan fingerprint density at radius 3 is 2.54 bits per heavy atom. The highest BCUT2D eigenvalue weighted by Crippen LogP contribution is 2.15. The van der Waals surface area contributed by atoms with E-state index in [9.17, 15) is 9.18 Å². The Morgan fingerprint density at radius 2 is 1.85 bits per heavy atom. The summed E-state index contributed by atoms with van der Waals surface area (Å²) in [5, 5.41) is 7.30. The zero-order chi connectivity index (χ0) is 18.5. The van der Waals surface area contributed by atoms with Crippen LogP contribution in [0.2, 0.25) is 0 Å². The first-order valence-electron chi connectivity index (χ1n) is 8.70. The van der Waals surface area contributed by atoms with Gasteiger partial charge in [0.05, 0.1) is 23.1 Å². The van der Waals surface area contributed by atoms with Crippen LogP contribution in [0.3, 0.4) is 0 Å². The molecule has 0 fully saturated rings. The van der Waals surface area contributed by atoms with E-state index < -0.39 is 0 Å². The van der Waals surface area contributed by atoms with Gasteiger partial charge in [0, 0.05) is 6.04 Å². The molecule has 134 valence electrons. The summed E-state index contributed by atoms with van der Waals surface area (Å²) in [4.78, 5) is 12.6. The number of rotatable bonds is 6. The second-order valence-corrected chi connectivity index (χ2v) is 6.43. The van der Waals surface area contributed by atoms with Crippen LogP contribution in [0.25, 0.3) is 5.69 Å². The summed E-state index contributed by atoms with van der Waals surface area (Å²) in [5.74, 6) is -0.444. The predicted octanol–water partition coefficient (Wildman–Crippen LogP) is 4.07. The summed E-state index contributed by atoms with van der Waals surface area (Å²) >= 11 is 0. The van der Waals surface area contributed by atoms with E-state index in [0.29, 0.717) is 5.56 Å². The van der Waals surface area contributed by atoms with Crippen molar-refractivity contribution in [3.05, 3.63) is 83.4 Å². The molecule has 1 atom stereocenters. The normalized spacial score (nSPS) is 12.0. The van der Waals surface area contributed by atoms with Crippen molar-refractivity contribution in [2.45, 2.75) is 32.7 Å². The van der Waals surface area contributed by atoms with Crippen LogP contribution >= 0.6 is 0 Å². The first kappa shape index (κ1) is 17.9. The van der Waals surface area contributed by atoms with Gasteiger partial charge in [-0.15, -0.1) is 0 Å². The van der Waals surface area contributed by atoms with Gasteiger partial charge < -0.3 is 5.32 Å². The summed E-state index contributed by atoms with van der Waals surface area (Å²) in [7, 11) is 0. The van der Waals surface area contributed by atoms with Gasteiger partial charge in [-0.25, -0.2) is 9.07 Å². The fourth-order valence-electron chi connectivity index (χ4n) is 2.88. The molecular weight excluding hydrogens is 329 g/mol. The summed E-state index contributed by atoms with van der Waals surface area (Å²) in [6, 6.07) is 16.3. The highest BCUT2D eigenvalue weighted by atomic mass is 19.1. The zero-order valence-electron chi connectivity index (χ0n) is 14.9. The van der Waals surface area contributed by atoms with Gasteiger partial charge in [-0.2, -0.15) is 5.10 Å². The third kappa shape index (κ3) is 4.17. The Hall–Kier alpha value is -2.95. The molecule has 1 heterocycles. The molecule has 2 aromatic carbocycles. The second-order valence-electron chi connectivity index (χ2n) is 6.43. The van der Waals surface area contributed by atoms with Crippen molar-refractivity contribution in [1.29, 1.82) is 0 Å². The van der Waals surface area contributed by atoms with Gasteiger partial charge in [-0.1, -0.05) is 30.3 Å². The van der Waals surface area contributed by atoms with Gasteiger partial charge in [-0.05, 0) is 56.5 Å². The lowest BCUT2D eigenvalue weighted by molar-refractivity contribution is 0.0938. The highest BCUT2D eigenvalue weighted by molar-refractivity contribution is 5.95. The molecule has 0 bridgehead atoms. The van der Waals surface area contributed by atoms with Crippen molar-refractivity contribution in [2.24, 2.45) is 0 Å². The van der Waals surface area contributed by atoms with Crippen LogP contribution < -0.4 is 5.32 Å². The molecule has 4 nitrogen and oxygen atoms in total. The molecule has 5 heteroatoms. The molecule has 0 aliphatic carbocycles. The second kappa shape index (κ2) is 7.95. The van der Waals surface area contributed by atoms with Gasteiger partial charge in [0.25, 0.3) is 5.91 Å². The lowest BCUT2D eigenvalue weighted by atomic mass is 10.1. The number of halogens is 1. The fourth-order valence-corrected chi connectivity index (χ4v) is 2.88. The van der Waals surface area contributed by atoms with Gasteiger partial charge in [0.1, 0.15) is 5.82 Å². The standard InChI is InChI=1S/C21H22FN3O/c1-15(8-9-17-6-4-3-5-7-17)24-21(26)20-14-23-25(16(20)2)19-12-10-18(22)11-13-19/h3-7,10-15H,8-9H2,1-2H3,(H,24,26). The minimum absolute atomic E-state index is 0.0521. The molecule has 1 aromatic heterocycles. The molecule has 0 spiro atoms. The average Bonchev–Trinajstić information content (AvgIpc) is 3.03. The van der Waals surface area contributed by atoms with Crippen LogP contribution in [0.15, 0.2) is 60.8 Å². The lowest BCUT2D eigenvalue weighted by Crippen LogP contribution is -2.33. The number of hydrogen-bond donors (Lipinski definition) is 1. The van der Waals surface area contributed by atoms with Crippen molar-refractivity contribution in [3.63, 3.8) is 0 Å². The van der Waals surface area contributed by atoms with Crippen molar-refractivity contribution in [3.8, 4) is 5.69 Å². The number of carbonyl (C=O) groups is 1. The summed E-state index contributed by atoms with van der Waals surface area (Å²) in [6.45, 7) is 3.83. The third-order valence-corrected chi connectivity index (χ3v) is 4.41. The maximum atomic E-state index is 13.1.